The Morgan fingerprint density at radius 2 is 1.95 bits per heavy atom. The number of nitrogens with zero attached hydrogens (tertiary/aromatic N) is 1. The summed E-state index contributed by atoms with van der Waals surface area (Å²) in [5.74, 6) is -0.540. The molecule has 0 unspecified atom stereocenters. The molecule has 1 aromatic carbocycles. The fourth-order valence-corrected chi connectivity index (χ4v) is 3.23. The van der Waals surface area contributed by atoms with E-state index in [0.717, 1.165) is 17.7 Å². The van der Waals surface area contributed by atoms with E-state index >= 15 is 0 Å². The van der Waals surface area contributed by atoms with E-state index in [4.69, 9.17) is 0 Å². The zero-order chi connectivity index (χ0) is 15.6. The Morgan fingerprint density at radius 3 is 2.57 bits per heavy atom. The third-order valence-corrected chi connectivity index (χ3v) is 4.26. The van der Waals surface area contributed by atoms with Crippen molar-refractivity contribution >= 4 is 15.8 Å². The van der Waals surface area contributed by atoms with Crippen LogP contribution in [0.25, 0.3) is 0 Å². The average Bonchev–Trinajstić information content (AvgIpc) is 2.36. The van der Waals surface area contributed by atoms with Crippen molar-refractivity contribution in [2.75, 3.05) is 4.72 Å². The number of anilines is 1. The highest BCUT2D eigenvalue weighted by atomic mass is 32.2. The molecule has 0 bridgehead atoms. The van der Waals surface area contributed by atoms with E-state index in [-0.39, 0.29) is 16.3 Å². The minimum Gasteiger partial charge on any atom is -0.392 e. The van der Waals surface area contributed by atoms with Gasteiger partial charge in [0.15, 0.2) is 0 Å². The van der Waals surface area contributed by atoms with E-state index in [9.17, 15) is 17.9 Å². The monoisotopic (exact) mass is 310 g/mol. The number of hydrogen-bond acceptors (Lipinski definition) is 4. The first-order valence-corrected chi connectivity index (χ1v) is 7.67. The van der Waals surface area contributed by atoms with Crippen molar-refractivity contribution in [1.29, 1.82) is 0 Å². The highest BCUT2D eigenvalue weighted by Crippen LogP contribution is 2.21. The summed E-state index contributed by atoms with van der Waals surface area (Å²) in [6.07, 6.45) is 0. The van der Waals surface area contributed by atoms with Gasteiger partial charge in [0.05, 0.1) is 11.5 Å². The number of pyridine rings is 1. The highest BCUT2D eigenvalue weighted by molar-refractivity contribution is 7.92. The lowest BCUT2D eigenvalue weighted by molar-refractivity contribution is 0.278. The minimum absolute atomic E-state index is 0.119. The van der Waals surface area contributed by atoms with Crippen LogP contribution in [0.4, 0.5) is 10.2 Å². The van der Waals surface area contributed by atoms with Crippen LogP contribution in [0.15, 0.2) is 35.2 Å². The number of halogens is 1. The van der Waals surface area contributed by atoms with Crippen molar-refractivity contribution in [2.24, 2.45) is 0 Å². The predicted molar refractivity (Wildman–Crippen MR) is 76.8 cm³/mol. The molecule has 7 heteroatoms. The second kappa shape index (κ2) is 5.79. The second-order valence-corrected chi connectivity index (χ2v) is 6.34. The van der Waals surface area contributed by atoms with Crippen LogP contribution in [0.2, 0.25) is 0 Å². The van der Waals surface area contributed by atoms with Crippen molar-refractivity contribution in [3.8, 4) is 0 Å². The van der Waals surface area contributed by atoms with Crippen LogP contribution in [0, 0.1) is 19.7 Å². The number of aryl methyl sites for hydroxylation is 2. The average molecular weight is 310 g/mol. The lowest BCUT2D eigenvalue weighted by Gasteiger charge is -2.11. The maximum absolute atomic E-state index is 13.3. The van der Waals surface area contributed by atoms with Crippen molar-refractivity contribution in [1.82, 2.24) is 4.98 Å². The smallest absolute Gasteiger partial charge is 0.263 e. The first-order chi connectivity index (χ1) is 9.81. The zero-order valence-electron chi connectivity index (χ0n) is 11.6. The number of aliphatic hydroxyl groups is 1. The quantitative estimate of drug-likeness (QED) is 0.906. The lowest BCUT2D eigenvalue weighted by atomic mass is 10.2. The third kappa shape index (κ3) is 3.56. The summed E-state index contributed by atoms with van der Waals surface area (Å²) in [4.78, 5) is 3.78. The first-order valence-electron chi connectivity index (χ1n) is 6.19. The molecule has 2 rings (SSSR count). The van der Waals surface area contributed by atoms with Gasteiger partial charge in [-0.25, -0.2) is 17.8 Å². The van der Waals surface area contributed by atoms with Gasteiger partial charge < -0.3 is 5.11 Å². The van der Waals surface area contributed by atoms with E-state index < -0.39 is 22.4 Å². The molecular weight excluding hydrogens is 295 g/mol. The van der Waals surface area contributed by atoms with Gasteiger partial charge in [-0.05, 0) is 49.2 Å². The lowest BCUT2D eigenvalue weighted by Crippen LogP contribution is -2.16. The van der Waals surface area contributed by atoms with Crippen LogP contribution in [-0.2, 0) is 16.6 Å². The molecule has 0 fully saturated rings. The fraction of sp³-hybridized carbons (Fsp3) is 0.214. The van der Waals surface area contributed by atoms with Crippen molar-refractivity contribution < 1.29 is 17.9 Å². The van der Waals surface area contributed by atoms with Crippen LogP contribution < -0.4 is 4.72 Å². The molecule has 0 amide bonds. The van der Waals surface area contributed by atoms with Gasteiger partial charge in [-0.1, -0.05) is 6.07 Å². The summed E-state index contributed by atoms with van der Waals surface area (Å²) in [7, 11) is -4.02. The minimum atomic E-state index is -4.02. The van der Waals surface area contributed by atoms with Crippen LogP contribution in [0.5, 0.6) is 0 Å². The molecule has 0 atom stereocenters. The largest absolute Gasteiger partial charge is 0.392 e. The van der Waals surface area contributed by atoms with Gasteiger partial charge >= 0.3 is 0 Å². The van der Waals surface area contributed by atoms with Crippen molar-refractivity contribution in [3.63, 3.8) is 0 Å². The van der Waals surface area contributed by atoms with E-state index in [1.165, 1.54) is 6.07 Å². The Morgan fingerprint density at radius 1 is 1.24 bits per heavy atom. The Bertz CT molecular complexity index is 756. The third-order valence-electron chi connectivity index (χ3n) is 2.83. The molecule has 2 N–H and O–H groups in total. The predicted octanol–water partition coefficient (Wildman–Crippen LogP) is 2.13. The standard InChI is InChI=1S/C14H15FN2O3S/c1-9-5-10(2)16-14(6-9)17-21(19,20)13-7-12(15)4-3-11(13)8-18/h3-7,18H,8H2,1-2H3,(H,16,17). The maximum atomic E-state index is 13.3. The molecule has 1 aromatic heterocycles. The van der Waals surface area contributed by atoms with Crippen LogP contribution in [0.3, 0.4) is 0 Å². The number of aromatic nitrogens is 1. The zero-order valence-corrected chi connectivity index (χ0v) is 12.4. The molecule has 112 valence electrons. The summed E-state index contributed by atoms with van der Waals surface area (Å²) in [5.41, 5.74) is 1.63. The summed E-state index contributed by atoms with van der Waals surface area (Å²) < 4.78 is 40.2. The Hall–Kier alpha value is -1.99. The number of sulfonamides is 1. The molecule has 0 saturated carbocycles. The van der Waals surface area contributed by atoms with Crippen LogP contribution >= 0.6 is 0 Å². The molecule has 0 aliphatic carbocycles. The van der Waals surface area contributed by atoms with Gasteiger partial charge in [0.25, 0.3) is 10.0 Å². The van der Waals surface area contributed by atoms with Crippen LogP contribution in [-0.4, -0.2) is 18.5 Å². The van der Waals surface area contributed by atoms with E-state index in [1.807, 2.05) is 6.92 Å². The van der Waals surface area contributed by atoms with Crippen molar-refractivity contribution in [3.05, 3.63) is 53.0 Å². The molecule has 1 heterocycles. The first kappa shape index (κ1) is 15.4. The Labute approximate surface area is 122 Å². The summed E-state index contributed by atoms with van der Waals surface area (Å²) in [6.45, 7) is 3.05. The second-order valence-electron chi connectivity index (χ2n) is 4.69. The Balaban J connectivity index is 2.45. The SMILES string of the molecule is Cc1cc(C)nc(NS(=O)(=O)c2cc(F)ccc2CO)c1. The fourth-order valence-electron chi connectivity index (χ4n) is 2.00. The van der Waals surface area contributed by atoms with Gasteiger partial charge in [-0.3, -0.25) is 4.72 Å². The van der Waals surface area contributed by atoms with Gasteiger partial charge in [-0.15, -0.1) is 0 Å². The molecule has 0 aliphatic heterocycles. The van der Waals surface area contributed by atoms with Gasteiger partial charge in [0.1, 0.15) is 11.6 Å². The van der Waals surface area contributed by atoms with Crippen LogP contribution in [0.1, 0.15) is 16.8 Å². The molecule has 0 saturated heterocycles. The summed E-state index contributed by atoms with van der Waals surface area (Å²) >= 11 is 0. The van der Waals surface area contributed by atoms with Gasteiger partial charge in [0, 0.05) is 5.69 Å². The topological polar surface area (TPSA) is 79.3 Å². The molecule has 21 heavy (non-hydrogen) atoms. The number of benzene rings is 1. The normalized spacial score (nSPS) is 11.4. The Kier molecular flexibility index (Phi) is 4.24. The van der Waals surface area contributed by atoms with Gasteiger partial charge in [-0.2, -0.15) is 0 Å². The molecular formula is C14H15FN2O3S. The number of aliphatic hydroxyl groups excluding tert-OH is 1. The molecule has 0 aliphatic rings. The number of hydrogen-bond donors (Lipinski definition) is 2. The number of rotatable bonds is 4. The molecule has 0 radical (unpaired) electrons. The molecule has 0 spiro atoms. The van der Waals surface area contributed by atoms with Gasteiger partial charge in [0.2, 0.25) is 0 Å². The van der Waals surface area contributed by atoms with E-state index in [0.29, 0.717) is 5.69 Å². The summed E-state index contributed by atoms with van der Waals surface area (Å²) in [6, 6.07) is 6.58. The summed E-state index contributed by atoms with van der Waals surface area (Å²) in [5, 5.41) is 9.20. The van der Waals surface area contributed by atoms with Crippen molar-refractivity contribution in [2.45, 2.75) is 25.3 Å². The molecule has 5 nitrogen and oxygen atoms in total. The molecule has 2 aromatic rings. The maximum Gasteiger partial charge on any atom is 0.263 e. The number of nitrogens with one attached hydrogen (secondary N) is 1. The highest BCUT2D eigenvalue weighted by Gasteiger charge is 2.20. The van der Waals surface area contributed by atoms with E-state index in [2.05, 4.69) is 9.71 Å². The van der Waals surface area contributed by atoms with E-state index in [1.54, 1.807) is 19.1 Å².